The molecule has 4 rings (SSSR count). The molecule has 28 heavy (non-hydrogen) atoms. The van der Waals surface area contributed by atoms with Gasteiger partial charge in [0, 0.05) is 43.3 Å². The van der Waals surface area contributed by atoms with Crippen LogP contribution in [0.25, 0.3) is 11.4 Å². The molecule has 0 bridgehead atoms. The maximum Gasteiger partial charge on any atom is 0.316 e. The lowest BCUT2D eigenvalue weighted by Crippen LogP contribution is -2.32. The molecule has 2 aromatic heterocycles. The van der Waals surface area contributed by atoms with E-state index in [0.717, 1.165) is 30.1 Å². The summed E-state index contributed by atoms with van der Waals surface area (Å²) >= 11 is 0. The second kappa shape index (κ2) is 8.21. The highest BCUT2D eigenvalue weighted by atomic mass is 16.5. The fraction of sp³-hybridized carbons (Fsp3) is 0.333. The van der Waals surface area contributed by atoms with Gasteiger partial charge in [0.15, 0.2) is 0 Å². The minimum atomic E-state index is -0.401. The normalized spacial score (nSPS) is 14.8. The lowest BCUT2D eigenvalue weighted by Gasteiger charge is -2.32. The Hall–Kier alpha value is -3.22. The van der Waals surface area contributed by atoms with Crippen molar-refractivity contribution in [1.29, 1.82) is 0 Å². The Balaban J connectivity index is 1.39. The number of nitrogens with zero attached hydrogens (tertiary/aromatic N) is 4. The van der Waals surface area contributed by atoms with Crippen molar-refractivity contribution < 1.29 is 9.32 Å². The van der Waals surface area contributed by atoms with Crippen molar-refractivity contribution in [2.45, 2.75) is 26.3 Å². The highest BCUT2D eigenvalue weighted by Gasteiger charge is 2.18. The average Bonchev–Trinajstić information content (AvgIpc) is 3.24. The van der Waals surface area contributed by atoms with Gasteiger partial charge in [-0.25, -0.2) is 0 Å². The van der Waals surface area contributed by atoms with Gasteiger partial charge < -0.3 is 14.7 Å². The lowest BCUT2D eigenvalue weighted by atomic mass is 9.98. The first-order chi connectivity index (χ1) is 13.7. The molecule has 1 aromatic carbocycles. The van der Waals surface area contributed by atoms with Crippen LogP contribution in [0.1, 0.15) is 36.0 Å². The van der Waals surface area contributed by atoms with Gasteiger partial charge in [0.2, 0.25) is 5.82 Å². The van der Waals surface area contributed by atoms with E-state index in [9.17, 15) is 4.79 Å². The highest BCUT2D eigenvalue weighted by Crippen LogP contribution is 2.25. The van der Waals surface area contributed by atoms with Gasteiger partial charge in [0.1, 0.15) is 0 Å². The van der Waals surface area contributed by atoms with E-state index in [-0.39, 0.29) is 5.89 Å². The Bertz CT molecular complexity index is 915. The van der Waals surface area contributed by atoms with Gasteiger partial charge in [-0.05, 0) is 54.7 Å². The van der Waals surface area contributed by atoms with E-state index in [0.29, 0.717) is 12.4 Å². The zero-order chi connectivity index (χ0) is 19.3. The number of aromatic nitrogens is 3. The Morgan fingerprint density at radius 3 is 2.71 bits per heavy atom. The summed E-state index contributed by atoms with van der Waals surface area (Å²) in [5.74, 6) is 0.762. The number of piperidine rings is 1. The number of carbonyl (C=O) groups is 1. The summed E-state index contributed by atoms with van der Waals surface area (Å²) in [5, 5.41) is 6.70. The van der Waals surface area contributed by atoms with E-state index in [1.807, 2.05) is 24.3 Å². The number of nitrogens with one attached hydrogen (secondary N) is 1. The van der Waals surface area contributed by atoms with E-state index in [1.165, 1.54) is 18.5 Å². The van der Waals surface area contributed by atoms with Gasteiger partial charge in [-0.1, -0.05) is 18.1 Å². The maximum atomic E-state index is 12.2. The van der Waals surface area contributed by atoms with Gasteiger partial charge in [-0.15, -0.1) is 0 Å². The second-order valence-electron chi connectivity index (χ2n) is 7.18. The number of anilines is 1. The quantitative estimate of drug-likeness (QED) is 0.734. The van der Waals surface area contributed by atoms with Gasteiger partial charge in [0.25, 0.3) is 0 Å². The molecule has 144 valence electrons. The largest absolute Gasteiger partial charge is 0.372 e. The van der Waals surface area contributed by atoms with Gasteiger partial charge >= 0.3 is 11.8 Å². The molecule has 7 nitrogen and oxygen atoms in total. The molecule has 0 spiro atoms. The van der Waals surface area contributed by atoms with E-state index in [4.69, 9.17) is 4.52 Å². The molecule has 3 aromatic rings. The zero-order valence-corrected chi connectivity index (χ0v) is 15.8. The van der Waals surface area contributed by atoms with Gasteiger partial charge in [0.05, 0.1) is 0 Å². The number of hydrogen-bond acceptors (Lipinski definition) is 6. The van der Waals surface area contributed by atoms with Crippen molar-refractivity contribution in [2.75, 3.05) is 18.0 Å². The third kappa shape index (κ3) is 4.19. The second-order valence-corrected chi connectivity index (χ2v) is 7.18. The minimum Gasteiger partial charge on any atom is -0.372 e. The van der Waals surface area contributed by atoms with E-state index < -0.39 is 5.91 Å². The zero-order valence-electron chi connectivity index (χ0n) is 15.8. The van der Waals surface area contributed by atoms with E-state index in [2.05, 4.69) is 44.4 Å². The van der Waals surface area contributed by atoms with E-state index in [1.54, 1.807) is 12.4 Å². The van der Waals surface area contributed by atoms with Crippen molar-refractivity contribution in [3.05, 3.63) is 60.2 Å². The molecule has 0 radical (unpaired) electrons. The lowest BCUT2D eigenvalue weighted by molar-refractivity contribution is 0.0907. The molecule has 1 saturated heterocycles. The van der Waals surface area contributed by atoms with Crippen LogP contribution in [0.2, 0.25) is 0 Å². The molecule has 1 aliphatic rings. The maximum absolute atomic E-state index is 12.2. The molecule has 1 aliphatic heterocycles. The van der Waals surface area contributed by atoms with Crippen LogP contribution in [-0.4, -0.2) is 34.1 Å². The van der Waals surface area contributed by atoms with Crippen LogP contribution >= 0.6 is 0 Å². The van der Waals surface area contributed by atoms with Crippen LogP contribution in [0.15, 0.2) is 53.3 Å². The predicted molar refractivity (Wildman–Crippen MR) is 106 cm³/mol. The fourth-order valence-corrected chi connectivity index (χ4v) is 3.28. The summed E-state index contributed by atoms with van der Waals surface area (Å²) in [5.41, 5.74) is 2.93. The first kappa shape index (κ1) is 18.2. The molecular weight excluding hydrogens is 354 g/mol. The number of pyridine rings is 1. The molecule has 1 fully saturated rings. The van der Waals surface area contributed by atoms with Crippen molar-refractivity contribution >= 4 is 11.6 Å². The topological polar surface area (TPSA) is 84.2 Å². The summed E-state index contributed by atoms with van der Waals surface area (Å²) in [7, 11) is 0. The van der Waals surface area contributed by atoms with Crippen molar-refractivity contribution in [2.24, 2.45) is 5.92 Å². The number of rotatable bonds is 5. The molecule has 1 N–H and O–H groups in total. The van der Waals surface area contributed by atoms with Crippen LogP contribution < -0.4 is 10.2 Å². The summed E-state index contributed by atoms with van der Waals surface area (Å²) in [4.78, 5) is 22.9. The molecule has 0 aliphatic carbocycles. The molecule has 0 atom stereocenters. The SMILES string of the molecule is CC1CCN(c2ccc(-c3noc(C(=O)NCc4cccnc4)n3)cc2)CC1. The average molecular weight is 377 g/mol. The number of benzene rings is 1. The Labute approximate surface area is 163 Å². The molecular formula is C21H23N5O2. The number of hydrogen-bond donors (Lipinski definition) is 1. The van der Waals surface area contributed by atoms with Gasteiger partial charge in [-0.2, -0.15) is 4.98 Å². The van der Waals surface area contributed by atoms with Crippen molar-refractivity contribution in [3.63, 3.8) is 0 Å². The number of amides is 1. The Kier molecular flexibility index (Phi) is 5.32. The van der Waals surface area contributed by atoms with Crippen LogP contribution in [0.4, 0.5) is 5.69 Å². The smallest absolute Gasteiger partial charge is 0.316 e. The van der Waals surface area contributed by atoms with Crippen LogP contribution in [0, 0.1) is 5.92 Å². The van der Waals surface area contributed by atoms with Crippen LogP contribution in [0.3, 0.4) is 0 Å². The summed E-state index contributed by atoms with van der Waals surface area (Å²) in [6, 6.07) is 11.8. The third-order valence-corrected chi connectivity index (χ3v) is 5.07. The Morgan fingerprint density at radius 2 is 2.00 bits per heavy atom. The standard InChI is InChI=1S/C21H23N5O2/c1-15-8-11-26(12-9-15)18-6-4-17(5-7-18)19-24-21(28-25-19)20(27)23-14-16-3-2-10-22-13-16/h2-7,10,13,15H,8-9,11-12,14H2,1H3,(H,23,27). The molecule has 0 unspecified atom stereocenters. The van der Waals surface area contributed by atoms with Crippen molar-refractivity contribution in [1.82, 2.24) is 20.4 Å². The Morgan fingerprint density at radius 1 is 1.21 bits per heavy atom. The predicted octanol–water partition coefficient (Wildman–Crippen LogP) is 3.30. The van der Waals surface area contributed by atoms with Crippen molar-refractivity contribution in [3.8, 4) is 11.4 Å². The van der Waals surface area contributed by atoms with Gasteiger partial charge in [-0.3, -0.25) is 9.78 Å². The fourth-order valence-electron chi connectivity index (χ4n) is 3.28. The summed E-state index contributed by atoms with van der Waals surface area (Å²) < 4.78 is 5.13. The third-order valence-electron chi connectivity index (χ3n) is 5.07. The van der Waals surface area contributed by atoms with E-state index >= 15 is 0 Å². The monoisotopic (exact) mass is 377 g/mol. The number of carbonyl (C=O) groups excluding carboxylic acids is 1. The molecule has 0 saturated carbocycles. The molecule has 7 heteroatoms. The summed E-state index contributed by atoms with van der Waals surface area (Å²) in [6.45, 7) is 4.84. The minimum absolute atomic E-state index is 0.0482. The molecule has 1 amide bonds. The summed E-state index contributed by atoms with van der Waals surface area (Å²) in [6.07, 6.45) is 5.84. The molecule has 3 heterocycles. The van der Waals surface area contributed by atoms with Crippen LogP contribution in [0.5, 0.6) is 0 Å². The first-order valence-electron chi connectivity index (χ1n) is 9.55. The highest BCUT2D eigenvalue weighted by molar-refractivity contribution is 5.89. The first-order valence-corrected chi connectivity index (χ1v) is 9.55. The van der Waals surface area contributed by atoms with Crippen LogP contribution in [-0.2, 0) is 6.54 Å².